The van der Waals surface area contributed by atoms with Gasteiger partial charge in [0.1, 0.15) is 17.7 Å². The number of hydrogen-bond acceptors (Lipinski definition) is 4. The van der Waals surface area contributed by atoms with Crippen molar-refractivity contribution >= 4 is 11.9 Å². The van der Waals surface area contributed by atoms with Gasteiger partial charge < -0.3 is 20.7 Å². The molecule has 174 valence electrons. The number of benzene rings is 2. The number of alkyl halides is 3. The number of carbonyl (C=O) groups is 2. The molecule has 32 heavy (non-hydrogen) atoms. The largest absolute Gasteiger partial charge is 0.486 e. The van der Waals surface area contributed by atoms with Crippen LogP contribution in [0.4, 0.5) is 17.6 Å². The third kappa shape index (κ3) is 10.1. The predicted octanol–water partition coefficient (Wildman–Crippen LogP) is 4.81. The number of carboxylic acids is 2. The topological polar surface area (TPSA) is 110 Å². The maximum Gasteiger partial charge on any atom is 0.419 e. The van der Waals surface area contributed by atoms with Crippen molar-refractivity contribution in [2.24, 2.45) is 5.73 Å². The van der Waals surface area contributed by atoms with Crippen molar-refractivity contribution in [2.45, 2.75) is 31.5 Å². The fourth-order valence-electron chi connectivity index (χ4n) is 2.54. The Morgan fingerprint density at radius 2 is 1.59 bits per heavy atom. The van der Waals surface area contributed by atoms with Crippen LogP contribution in [0.25, 0.3) is 0 Å². The van der Waals surface area contributed by atoms with E-state index in [1.54, 1.807) is 0 Å². The van der Waals surface area contributed by atoms with E-state index < -0.39 is 29.5 Å². The SMILES string of the molecule is NCCCC[C@@H](Oc1ccc(C(F)(F)F)c(F)c1)c1ccccc1.O=C(O)C=CC(=O)O. The van der Waals surface area contributed by atoms with Crippen LogP contribution in [0.15, 0.2) is 60.7 Å². The molecule has 2 aromatic carbocycles. The van der Waals surface area contributed by atoms with Crippen molar-refractivity contribution in [3.8, 4) is 5.75 Å². The monoisotopic (exact) mass is 457 g/mol. The normalized spacial score (nSPS) is 12.0. The highest BCUT2D eigenvalue weighted by Gasteiger charge is 2.34. The summed E-state index contributed by atoms with van der Waals surface area (Å²) < 4.78 is 57.3. The summed E-state index contributed by atoms with van der Waals surface area (Å²) in [5.41, 5.74) is 5.07. The quantitative estimate of drug-likeness (QED) is 0.283. The van der Waals surface area contributed by atoms with E-state index >= 15 is 0 Å². The van der Waals surface area contributed by atoms with Gasteiger partial charge in [0, 0.05) is 18.2 Å². The van der Waals surface area contributed by atoms with E-state index in [1.807, 2.05) is 30.3 Å². The predicted molar refractivity (Wildman–Crippen MR) is 109 cm³/mol. The van der Waals surface area contributed by atoms with Crippen molar-refractivity contribution < 1.29 is 42.1 Å². The number of halogens is 4. The Morgan fingerprint density at radius 1 is 1.00 bits per heavy atom. The van der Waals surface area contributed by atoms with Gasteiger partial charge in [-0.3, -0.25) is 0 Å². The minimum absolute atomic E-state index is 0.0714. The van der Waals surface area contributed by atoms with Gasteiger partial charge in [0.15, 0.2) is 0 Å². The first kappa shape index (κ1) is 26.6. The third-order valence-electron chi connectivity index (χ3n) is 3.98. The zero-order valence-corrected chi connectivity index (χ0v) is 16.9. The van der Waals surface area contributed by atoms with E-state index in [0.29, 0.717) is 31.2 Å². The van der Waals surface area contributed by atoms with Crippen LogP contribution in [-0.4, -0.2) is 28.7 Å². The average molecular weight is 457 g/mol. The molecule has 1 atom stereocenters. The lowest BCUT2D eigenvalue weighted by atomic mass is 10.0. The fraction of sp³-hybridized carbons (Fsp3) is 0.273. The van der Waals surface area contributed by atoms with Crippen LogP contribution >= 0.6 is 0 Å². The number of unbranched alkanes of at least 4 members (excludes halogenated alkanes) is 1. The minimum atomic E-state index is -4.72. The van der Waals surface area contributed by atoms with Gasteiger partial charge in [0.05, 0.1) is 5.56 Å². The molecule has 0 amide bonds. The van der Waals surface area contributed by atoms with Gasteiger partial charge >= 0.3 is 18.1 Å². The molecule has 2 aromatic rings. The zero-order valence-electron chi connectivity index (χ0n) is 16.9. The van der Waals surface area contributed by atoms with Crippen LogP contribution in [-0.2, 0) is 15.8 Å². The summed E-state index contributed by atoms with van der Waals surface area (Å²) in [6, 6.07) is 11.9. The van der Waals surface area contributed by atoms with Crippen molar-refractivity contribution in [3.05, 3.63) is 77.6 Å². The molecule has 0 aliphatic rings. The Morgan fingerprint density at radius 3 is 2.06 bits per heavy atom. The van der Waals surface area contributed by atoms with E-state index in [0.717, 1.165) is 30.5 Å². The lowest BCUT2D eigenvalue weighted by molar-refractivity contribution is -0.140. The Bertz CT molecular complexity index is 885. The summed E-state index contributed by atoms with van der Waals surface area (Å²) in [5, 5.41) is 15.6. The molecule has 0 radical (unpaired) electrons. The van der Waals surface area contributed by atoms with Crippen LogP contribution in [0.5, 0.6) is 5.75 Å². The second-order valence-corrected chi connectivity index (χ2v) is 6.45. The van der Waals surface area contributed by atoms with Gasteiger partial charge in [0.25, 0.3) is 0 Å². The minimum Gasteiger partial charge on any atom is -0.486 e. The number of carboxylic acid groups (broad SMARTS) is 2. The Labute approximate surface area is 181 Å². The average Bonchev–Trinajstić information content (AvgIpc) is 2.72. The molecule has 10 heteroatoms. The molecule has 0 aromatic heterocycles. The number of hydrogen-bond donors (Lipinski definition) is 3. The number of aliphatic carboxylic acids is 2. The van der Waals surface area contributed by atoms with E-state index in [9.17, 15) is 27.2 Å². The molecular formula is C22H23F4NO5. The Kier molecular flexibility index (Phi) is 10.9. The first-order valence-electron chi connectivity index (χ1n) is 9.47. The zero-order chi connectivity index (χ0) is 24.1. The van der Waals surface area contributed by atoms with Crippen LogP contribution in [0.1, 0.15) is 36.5 Å². The Hall–Kier alpha value is -3.40. The lowest BCUT2D eigenvalue weighted by Crippen LogP contribution is -2.11. The summed E-state index contributed by atoms with van der Waals surface area (Å²) in [6.45, 7) is 0.552. The van der Waals surface area contributed by atoms with Crippen molar-refractivity contribution in [3.63, 3.8) is 0 Å². The molecule has 0 aliphatic heterocycles. The summed E-state index contributed by atoms with van der Waals surface area (Å²) in [7, 11) is 0. The third-order valence-corrected chi connectivity index (χ3v) is 3.98. The van der Waals surface area contributed by atoms with E-state index in [-0.39, 0.29) is 11.9 Å². The molecule has 0 saturated heterocycles. The molecule has 2 rings (SSSR count). The summed E-state index contributed by atoms with van der Waals surface area (Å²) in [4.78, 5) is 19.1. The maximum atomic E-state index is 13.7. The fourth-order valence-corrected chi connectivity index (χ4v) is 2.54. The first-order valence-corrected chi connectivity index (χ1v) is 9.47. The molecule has 0 heterocycles. The molecular weight excluding hydrogens is 434 g/mol. The van der Waals surface area contributed by atoms with Gasteiger partial charge in [-0.05, 0) is 43.5 Å². The summed E-state index contributed by atoms with van der Waals surface area (Å²) >= 11 is 0. The second-order valence-electron chi connectivity index (χ2n) is 6.45. The van der Waals surface area contributed by atoms with Gasteiger partial charge in [-0.25, -0.2) is 14.0 Å². The van der Waals surface area contributed by atoms with Crippen molar-refractivity contribution in [2.75, 3.05) is 6.54 Å². The van der Waals surface area contributed by atoms with Crippen LogP contribution in [0.3, 0.4) is 0 Å². The Balaban J connectivity index is 0.000000547. The molecule has 0 aliphatic carbocycles. The second kappa shape index (κ2) is 13.1. The lowest BCUT2D eigenvalue weighted by Gasteiger charge is -2.20. The summed E-state index contributed by atoms with van der Waals surface area (Å²) in [6.07, 6.45) is -1.71. The molecule has 0 unspecified atom stereocenters. The van der Waals surface area contributed by atoms with Crippen LogP contribution in [0, 0.1) is 5.82 Å². The van der Waals surface area contributed by atoms with Crippen LogP contribution in [0.2, 0.25) is 0 Å². The number of nitrogens with two attached hydrogens (primary N) is 1. The molecule has 0 saturated carbocycles. The highest BCUT2D eigenvalue weighted by Crippen LogP contribution is 2.34. The van der Waals surface area contributed by atoms with E-state index in [4.69, 9.17) is 20.7 Å². The summed E-state index contributed by atoms with van der Waals surface area (Å²) in [5.74, 6) is -3.78. The van der Waals surface area contributed by atoms with Gasteiger partial charge in [0.2, 0.25) is 0 Å². The number of rotatable bonds is 9. The molecule has 6 nitrogen and oxygen atoms in total. The highest BCUT2D eigenvalue weighted by molar-refractivity contribution is 5.89. The van der Waals surface area contributed by atoms with E-state index in [2.05, 4.69) is 0 Å². The van der Waals surface area contributed by atoms with Gasteiger partial charge in [-0.15, -0.1) is 0 Å². The van der Waals surface area contributed by atoms with Crippen LogP contribution < -0.4 is 10.5 Å². The van der Waals surface area contributed by atoms with Crippen molar-refractivity contribution in [1.82, 2.24) is 0 Å². The smallest absolute Gasteiger partial charge is 0.419 e. The maximum absolute atomic E-state index is 13.7. The molecule has 0 spiro atoms. The molecule has 0 bridgehead atoms. The van der Waals surface area contributed by atoms with E-state index in [1.165, 1.54) is 0 Å². The van der Waals surface area contributed by atoms with Crippen molar-refractivity contribution in [1.29, 1.82) is 0 Å². The highest BCUT2D eigenvalue weighted by atomic mass is 19.4. The van der Waals surface area contributed by atoms with Gasteiger partial charge in [-0.1, -0.05) is 30.3 Å². The standard InChI is InChI=1S/C18H19F4NO.C4H4O4/c19-16-12-14(9-10-15(16)18(20,21)22)24-17(8-4-5-11-23)13-6-2-1-3-7-13;5-3(6)1-2-4(7)8/h1-3,6-7,9-10,12,17H,4-5,8,11,23H2;1-2H,(H,5,6)(H,7,8)/t17-;/m1./s1. The number of ether oxygens (including phenoxy) is 1. The molecule has 0 fully saturated rings. The first-order chi connectivity index (χ1) is 15.0. The van der Waals surface area contributed by atoms with Gasteiger partial charge in [-0.2, -0.15) is 13.2 Å². The molecule has 4 N–H and O–H groups in total.